The van der Waals surface area contributed by atoms with Gasteiger partial charge in [0.05, 0.1) is 17.7 Å². The Bertz CT molecular complexity index is 689. The number of amides is 1. The number of aromatic nitrogens is 2. The van der Waals surface area contributed by atoms with Gasteiger partial charge in [0.1, 0.15) is 0 Å². The van der Waals surface area contributed by atoms with Gasteiger partial charge in [0.2, 0.25) is 5.91 Å². The van der Waals surface area contributed by atoms with Crippen molar-refractivity contribution in [1.29, 1.82) is 0 Å². The summed E-state index contributed by atoms with van der Waals surface area (Å²) in [6, 6.07) is 8.25. The summed E-state index contributed by atoms with van der Waals surface area (Å²) in [6.45, 7) is 7.16. The van der Waals surface area contributed by atoms with E-state index in [9.17, 15) is 4.79 Å². The van der Waals surface area contributed by atoms with Crippen molar-refractivity contribution >= 4 is 11.6 Å². The number of H-pyrrole nitrogens is 1. The number of aromatic amines is 1. The lowest BCUT2D eigenvalue weighted by Crippen LogP contribution is -2.43. The zero-order valence-corrected chi connectivity index (χ0v) is 13.3. The lowest BCUT2D eigenvalue weighted by atomic mass is 9.87. The van der Waals surface area contributed by atoms with Gasteiger partial charge in [-0.2, -0.15) is 0 Å². The van der Waals surface area contributed by atoms with Crippen molar-refractivity contribution in [3.63, 3.8) is 0 Å². The average molecular weight is 298 g/mol. The van der Waals surface area contributed by atoms with E-state index in [1.165, 1.54) is 5.56 Å². The number of nitrogens with zero attached hydrogens (tertiary/aromatic N) is 2. The minimum Gasteiger partial charge on any atom is -0.348 e. The van der Waals surface area contributed by atoms with Crippen LogP contribution in [0.1, 0.15) is 37.2 Å². The van der Waals surface area contributed by atoms with E-state index in [1.807, 2.05) is 24.1 Å². The maximum absolute atomic E-state index is 12.2. The third kappa shape index (κ3) is 2.71. The van der Waals surface area contributed by atoms with Crippen LogP contribution in [0.15, 0.2) is 30.6 Å². The summed E-state index contributed by atoms with van der Waals surface area (Å²) in [6.07, 6.45) is 2.76. The molecule has 1 aromatic carbocycles. The maximum Gasteiger partial charge on any atom is 0.238 e. The molecule has 0 unspecified atom stereocenters. The molecule has 1 aromatic heterocycles. The molecule has 5 nitrogen and oxygen atoms in total. The van der Waals surface area contributed by atoms with Crippen LogP contribution in [0.3, 0.4) is 0 Å². The van der Waals surface area contributed by atoms with Crippen LogP contribution in [-0.4, -0.2) is 22.4 Å². The van der Waals surface area contributed by atoms with E-state index in [0.29, 0.717) is 12.8 Å². The van der Waals surface area contributed by atoms with Crippen LogP contribution < -0.4 is 10.4 Å². The Morgan fingerprint density at radius 3 is 2.91 bits per heavy atom. The number of para-hydroxylation sites is 1. The van der Waals surface area contributed by atoms with Crippen LogP contribution in [0.2, 0.25) is 0 Å². The van der Waals surface area contributed by atoms with Gasteiger partial charge in [-0.1, -0.05) is 32.0 Å². The van der Waals surface area contributed by atoms with E-state index in [-0.39, 0.29) is 11.3 Å². The first-order valence-electron chi connectivity index (χ1n) is 7.63. The Labute approximate surface area is 130 Å². The molecule has 0 aliphatic carbocycles. The molecule has 0 saturated heterocycles. The number of carbonyl (C=O) groups is 1. The van der Waals surface area contributed by atoms with Gasteiger partial charge in [-0.25, -0.2) is 4.98 Å². The number of hydrogen-bond donors (Lipinski definition) is 2. The van der Waals surface area contributed by atoms with Gasteiger partial charge < -0.3 is 4.98 Å². The third-order valence-electron chi connectivity index (χ3n) is 4.26. The second-order valence-electron chi connectivity index (χ2n) is 6.50. The normalized spacial score (nSPS) is 15.7. The topological polar surface area (TPSA) is 61.0 Å². The molecular formula is C17H22N4O. The zero-order chi connectivity index (χ0) is 15.7. The Morgan fingerprint density at radius 2 is 2.18 bits per heavy atom. The van der Waals surface area contributed by atoms with Crippen LogP contribution in [0.5, 0.6) is 0 Å². The molecule has 0 bridgehead atoms. The number of imidazole rings is 1. The van der Waals surface area contributed by atoms with Crippen LogP contribution in [0.4, 0.5) is 5.69 Å². The van der Waals surface area contributed by atoms with Gasteiger partial charge >= 0.3 is 0 Å². The van der Waals surface area contributed by atoms with Crippen molar-refractivity contribution in [2.24, 2.45) is 0 Å². The summed E-state index contributed by atoms with van der Waals surface area (Å²) >= 11 is 0. The maximum atomic E-state index is 12.2. The molecule has 0 spiro atoms. The van der Waals surface area contributed by atoms with Crippen molar-refractivity contribution in [2.45, 2.75) is 39.0 Å². The SMILES string of the molecule is Cc1[nH]cnc1CCC(=O)NN1CC(C)(C)c2ccccc21. The highest BCUT2D eigenvalue weighted by Gasteiger charge is 2.35. The fourth-order valence-electron chi connectivity index (χ4n) is 3.02. The molecule has 0 saturated carbocycles. The second-order valence-corrected chi connectivity index (χ2v) is 6.50. The number of aryl methyl sites for hydroxylation is 2. The number of nitrogens with one attached hydrogen (secondary N) is 2. The van der Waals surface area contributed by atoms with Crippen LogP contribution in [0, 0.1) is 6.92 Å². The Kier molecular flexibility index (Phi) is 3.64. The molecule has 3 rings (SSSR count). The standard InChI is InChI=1S/C17H22N4O/c1-12-14(19-11-18-12)8-9-16(22)20-21-10-17(2,3)13-6-4-5-7-15(13)21/h4-7,11H,8-10H2,1-3H3,(H,18,19)(H,20,22). The molecule has 5 heteroatoms. The van der Waals surface area contributed by atoms with E-state index in [2.05, 4.69) is 41.4 Å². The van der Waals surface area contributed by atoms with Crippen LogP contribution in [-0.2, 0) is 16.6 Å². The number of benzene rings is 1. The number of carbonyl (C=O) groups excluding carboxylic acids is 1. The molecule has 2 N–H and O–H groups in total. The summed E-state index contributed by atoms with van der Waals surface area (Å²) in [5.74, 6) is 0.0231. The lowest BCUT2D eigenvalue weighted by Gasteiger charge is -2.23. The highest BCUT2D eigenvalue weighted by atomic mass is 16.2. The Balaban J connectivity index is 1.64. The molecule has 116 valence electrons. The molecule has 2 heterocycles. The summed E-state index contributed by atoms with van der Waals surface area (Å²) in [7, 11) is 0. The molecular weight excluding hydrogens is 276 g/mol. The van der Waals surface area contributed by atoms with Crippen LogP contribution in [0.25, 0.3) is 0 Å². The number of hydrazine groups is 1. The molecule has 1 aliphatic heterocycles. The predicted molar refractivity (Wildman–Crippen MR) is 86.6 cm³/mol. The van der Waals surface area contributed by atoms with Gasteiger partial charge in [-0.15, -0.1) is 0 Å². The quantitative estimate of drug-likeness (QED) is 0.911. The van der Waals surface area contributed by atoms with Crippen LogP contribution >= 0.6 is 0 Å². The third-order valence-corrected chi connectivity index (χ3v) is 4.26. The smallest absolute Gasteiger partial charge is 0.238 e. The minimum atomic E-state index is 0.0231. The average Bonchev–Trinajstić information content (AvgIpc) is 2.99. The lowest BCUT2D eigenvalue weighted by molar-refractivity contribution is -0.121. The number of anilines is 1. The number of hydrogen-bond acceptors (Lipinski definition) is 3. The molecule has 0 radical (unpaired) electrons. The monoisotopic (exact) mass is 298 g/mol. The first-order chi connectivity index (χ1) is 10.5. The predicted octanol–water partition coefficient (Wildman–Crippen LogP) is 2.48. The number of rotatable bonds is 4. The number of fused-ring (bicyclic) bond motifs is 1. The van der Waals surface area contributed by atoms with Gasteiger partial charge in [0, 0.05) is 30.5 Å². The molecule has 0 atom stereocenters. The molecule has 2 aromatic rings. The highest BCUT2D eigenvalue weighted by molar-refractivity contribution is 5.79. The van der Waals surface area contributed by atoms with Gasteiger partial charge in [-0.3, -0.25) is 15.2 Å². The first kappa shape index (κ1) is 14.6. The van der Waals surface area contributed by atoms with E-state index >= 15 is 0 Å². The molecule has 1 amide bonds. The Morgan fingerprint density at radius 1 is 1.41 bits per heavy atom. The summed E-state index contributed by atoms with van der Waals surface area (Å²) in [4.78, 5) is 19.5. The van der Waals surface area contributed by atoms with Crippen molar-refractivity contribution in [3.8, 4) is 0 Å². The largest absolute Gasteiger partial charge is 0.348 e. The highest BCUT2D eigenvalue weighted by Crippen LogP contribution is 2.38. The summed E-state index contributed by atoms with van der Waals surface area (Å²) in [5, 5.41) is 1.97. The van der Waals surface area contributed by atoms with Crippen molar-refractivity contribution in [1.82, 2.24) is 15.4 Å². The van der Waals surface area contributed by atoms with Gasteiger partial charge in [0.25, 0.3) is 0 Å². The molecule has 0 fully saturated rings. The van der Waals surface area contributed by atoms with E-state index in [4.69, 9.17) is 0 Å². The Hall–Kier alpha value is -2.30. The fraction of sp³-hybridized carbons (Fsp3) is 0.412. The van der Waals surface area contributed by atoms with Crippen molar-refractivity contribution < 1.29 is 4.79 Å². The minimum absolute atomic E-state index is 0.0231. The summed E-state index contributed by atoms with van der Waals surface area (Å²) in [5.41, 5.74) is 7.43. The van der Waals surface area contributed by atoms with E-state index in [1.54, 1.807) is 6.33 Å². The van der Waals surface area contributed by atoms with Gasteiger partial charge in [-0.05, 0) is 18.6 Å². The molecule has 22 heavy (non-hydrogen) atoms. The fourth-order valence-corrected chi connectivity index (χ4v) is 3.02. The molecule has 1 aliphatic rings. The first-order valence-corrected chi connectivity index (χ1v) is 7.63. The van der Waals surface area contributed by atoms with E-state index in [0.717, 1.165) is 23.6 Å². The van der Waals surface area contributed by atoms with Crippen molar-refractivity contribution in [3.05, 3.63) is 47.5 Å². The van der Waals surface area contributed by atoms with E-state index < -0.39 is 0 Å². The second kappa shape index (κ2) is 5.48. The summed E-state index contributed by atoms with van der Waals surface area (Å²) < 4.78 is 0. The zero-order valence-electron chi connectivity index (χ0n) is 13.3. The van der Waals surface area contributed by atoms with Crippen molar-refractivity contribution in [2.75, 3.05) is 11.6 Å². The van der Waals surface area contributed by atoms with Gasteiger partial charge in [0.15, 0.2) is 0 Å².